The lowest BCUT2D eigenvalue weighted by molar-refractivity contribution is -0.289. The zero-order chi connectivity index (χ0) is 18.4. The quantitative estimate of drug-likeness (QED) is 0.279. The first-order chi connectivity index (χ1) is 11.1. The van der Waals surface area contributed by atoms with Crippen LogP contribution in [-0.2, 0) is 5.92 Å². The van der Waals surface area contributed by atoms with Crippen LogP contribution in [0.15, 0.2) is 18.2 Å². The molecule has 1 aromatic rings. The summed E-state index contributed by atoms with van der Waals surface area (Å²) in [7, 11) is 0. The normalized spacial score (nSPS) is 12.5. The van der Waals surface area contributed by atoms with Crippen LogP contribution in [-0.4, -0.2) is 12.0 Å². The number of Topliss-reactive ketones (excluding diaryl/α,β-unsaturated/α-hetero) is 1. The van der Waals surface area contributed by atoms with Crippen LogP contribution < -0.4 is 0 Å². The van der Waals surface area contributed by atoms with Gasteiger partial charge in [0.05, 0.1) is 0 Å². The van der Waals surface area contributed by atoms with E-state index in [1.54, 1.807) is 6.92 Å². The molecule has 0 aliphatic carbocycles. The van der Waals surface area contributed by atoms with E-state index in [2.05, 4.69) is 6.92 Å². The van der Waals surface area contributed by atoms with Gasteiger partial charge in [-0.15, -0.1) is 0 Å². The van der Waals surface area contributed by atoms with Crippen molar-refractivity contribution < 1.29 is 26.7 Å². The monoisotopic (exact) mass is 350 g/mol. The Balaban J connectivity index is 2.87. The van der Waals surface area contributed by atoms with Gasteiger partial charge in [0.1, 0.15) is 0 Å². The highest BCUT2D eigenvalue weighted by Gasteiger charge is 2.59. The number of alkyl halides is 5. The number of benzene rings is 1. The van der Waals surface area contributed by atoms with Gasteiger partial charge in [0.2, 0.25) is 0 Å². The van der Waals surface area contributed by atoms with Crippen molar-refractivity contribution in [1.82, 2.24) is 0 Å². The summed E-state index contributed by atoms with van der Waals surface area (Å²) in [5.41, 5.74) is -1.30. The third kappa shape index (κ3) is 5.28. The minimum absolute atomic E-state index is 0.0173. The molecule has 24 heavy (non-hydrogen) atoms. The third-order valence-corrected chi connectivity index (χ3v) is 3.93. The first-order valence-corrected chi connectivity index (χ1v) is 8.20. The summed E-state index contributed by atoms with van der Waals surface area (Å²) in [6.45, 7) is 3.63. The van der Waals surface area contributed by atoms with Crippen molar-refractivity contribution >= 4 is 5.78 Å². The molecule has 0 aromatic heterocycles. The fourth-order valence-electron chi connectivity index (χ4n) is 2.52. The number of unbranched alkanes of at least 4 members (excludes halogenated alkanes) is 5. The molecule has 0 bridgehead atoms. The molecule has 0 aliphatic rings. The molecule has 0 atom stereocenters. The maximum absolute atomic E-state index is 13.7. The molecule has 0 saturated heterocycles. The number of hydrogen-bond donors (Lipinski definition) is 0. The van der Waals surface area contributed by atoms with E-state index in [1.165, 1.54) is 0 Å². The molecule has 0 fully saturated rings. The molecular formula is C18H23F5O. The summed E-state index contributed by atoms with van der Waals surface area (Å²) in [5.74, 6) is -5.69. The van der Waals surface area contributed by atoms with Crippen LogP contribution in [0, 0.1) is 6.92 Å². The van der Waals surface area contributed by atoms with Crippen molar-refractivity contribution in [3.05, 3.63) is 34.9 Å². The minimum atomic E-state index is -5.72. The van der Waals surface area contributed by atoms with Crippen LogP contribution >= 0.6 is 0 Å². The van der Waals surface area contributed by atoms with Gasteiger partial charge in [0.15, 0.2) is 5.78 Å². The van der Waals surface area contributed by atoms with E-state index >= 15 is 0 Å². The SMILES string of the molecule is CCCCCCCCC(=O)c1cc(C)ccc1C(F)(F)C(F)(F)F. The van der Waals surface area contributed by atoms with Gasteiger partial charge in [-0.2, -0.15) is 22.0 Å². The number of aryl methyl sites for hydroxylation is 1. The summed E-state index contributed by atoms with van der Waals surface area (Å²) >= 11 is 0. The molecule has 0 saturated carbocycles. The van der Waals surface area contributed by atoms with E-state index in [0.29, 0.717) is 18.1 Å². The number of ketones is 1. The average Bonchev–Trinajstić information content (AvgIpc) is 2.49. The summed E-state index contributed by atoms with van der Waals surface area (Å²) in [6.07, 6.45) is -0.344. The van der Waals surface area contributed by atoms with E-state index < -0.39 is 29.0 Å². The van der Waals surface area contributed by atoms with Gasteiger partial charge in [0.25, 0.3) is 0 Å². The van der Waals surface area contributed by atoms with Crippen LogP contribution in [0.4, 0.5) is 22.0 Å². The van der Waals surface area contributed by atoms with Crippen molar-refractivity contribution in [3.63, 3.8) is 0 Å². The highest BCUT2D eigenvalue weighted by atomic mass is 19.4. The lowest BCUT2D eigenvalue weighted by Crippen LogP contribution is -2.35. The van der Waals surface area contributed by atoms with Crippen molar-refractivity contribution in [3.8, 4) is 0 Å². The van der Waals surface area contributed by atoms with E-state index in [0.717, 1.165) is 44.2 Å². The molecule has 0 radical (unpaired) electrons. The number of carbonyl (C=O) groups is 1. The van der Waals surface area contributed by atoms with Crippen LogP contribution in [0.25, 0.3) is 0 Å². The molecule has 0 heterocycles. The van der Waals surface area contributed by atoms with E-state index in [9.17, 15) is 26.7 Å². The average molecular weight is 350 g/mol. The van der Waals surface area contributed by atoms with Gasteiger partial charge in [-0.25, -0.2) is 0 Å². The molecule has 1 nitrogen and oxygen atoms in total. The lowest BCUT2D eigenvalue weighted by Gasteiger charge is -2.22. The van der Waals surface area contributed by atoms with E-state index in [4.69, 9.17) is 0 Å². The number of rotatable bonds is 9. The van der Waals surface area contributed by atoms with Gasteiger partial charge in [-0.1, -0.05) is 56.7 Å². The van der Waals surface area contributed by atoms with Crippen LogP contribution in [0.3, 0.4) is 0 Å². The maximum Gasteiger partial charge on any atom is 0.458 e. The predicted molar refractivity (Wildman–Crippen MR) is 83.5 cm³/mol. The fourth-order valence-corrected chi connectivity index (χ4v) is 2.52. The van der Waals surface area contributed by atoms with Crippen molar-refractivity contribution in [2.24, 2.45) is 0 Å². The molecule has 136 valence electrons. The van der Waals surface area contributed by atoms with Crippen molar-refractivity contribution in [1.29, 1.82) is 0 Å². The van der Waals surface area contributed by atoms with Gasteiger partial charge < -0.3 is 0 Å². The molecule has 0 aliphatic heterocycles. The predicted octanol–water partition coefficient (Wildman–Crippen LogP) is 6.58. The fraction of sp³-hybridized carbons (Fsp3) is 0.611. The Bertz CT molecular complexity index is 549. The Morgan fingerprint density at radius 3 is 2.12 bits per heavy atom. The second-order valence-electron chi connectivity index (χ2n) is 6.06. The molecule has 0 spiro atoms. The largest absolute Gasteiger partial charge is 0.458 e. The summed E-state index contributed by atoms with van der Waals surface area (Å²) < 4.78 is 65.2. The third-order valence-electron chi connectivity index (χ3n) is 3.93. The number of hydrogen-bond acceptors (Lipinski definition) is 1. The molecular weight excluding hydrogens is 327 g/mol. The molecule has 6 heteroatoms. The summed E-state index contributed by atoms with van der Waals surface area (Å²) in [6, 6.07) is 2.99. The Morgan fingerprint density at radius 1 is 0.958 bits per heavy atom. The Labute approximate surface area is 139 Å². The first kappa shape index (κ1) is 20.6. The van der Waals surface area contributed by atoms with Crippen LogP contribution in [0.2, 0.25) is 0 Å². The summed E-state index contributed by atoms with van der Waals surface area (Å²) in [4.78, 5) is 12.2. The second-order valence-corrected chi connectivity index (χ2v) is 6.06. The van der Waals surface area contributed by atoms with E-state index in [1.807, 2.05) is 0 Å². The molecule has 1 rings (SSSR count). The molecule has 0 amide bonds. The minimum Gasteiger partial charge on any atom is -0.294 e. The lowest BCUT2D eigenvalue weighted by atomic mass is 9.93. The van der Waals surface area contributed by atoms with Crippen molar-refractivity contribution in [2.75, 3.05) is 0 Å². The Kier molecular flexibility index (Phi) is 7.36. The van der Waals surface area contributed by atoms with Gasteiger partial charge in [-0.05, 0) is 19.4 Å². The van der Waals surface area contributed by atoms with Gasteiger partial charge >= 0.3 is 12.1 Å². The topological polar surface area (TPSA) is 17.1 Å². The summed E-state index contributed by atoms with van der Waals surface area (Å²) in [5, 5.41) is 0. The molecule has 0 N–H and O–H groups in total. The van der Waals surface area contributed by atoms with Crippen LogP contribution in [0.5, 0.6) is 0 Å². The maximum atomic E-state index is 13.7. The second kappa shape index (κ2) is 8.58. The van der Waals surface area contributed by atoms with Crippen molar-refractivity contribution in [2.45, 2.75) is 70.9 Å². The number of halogens is 5. The zero-order valence-corrected chi connectivity index (χ0v) is 14.0. The Hall–Kier alpha value is -1.46. The number of carbonyl (C=O) groups excluding carboxylic acids is 1. The molecule has 0 unspecified atom stereocenters. The first-order valence-electron chi connectivity index (χ1n) is 8.20. The standard InChI is InChI=1S/C18H23F5O/c1-3-4-5-6-7-8-9-16(24)14-12-13(2)10-11-15(14)17(19,20)18(21,22)23/h10-12H,3-9H2,1-2H3. The van der Waals surface area contributed by atoms with Gasteiger partial charge in [-0.3, -0.25) is 4.79 Å². The van der Waals surface area contributed by atoms with E-state index in [-0.39, 0.29) is 6.42 Å². The zero-order valence-electron chi connectivity index (χ0n) is 14.0. The molecule has 1 aromatic carbocycles. The van der Waals surface area contributed by atoms with Gasteiger partial charge in [0, 0.05) is 17.5 Å². The highest BCUT2D eigenvalue weighted by Crippen LogP contribution is 2.45. The van der Waals surface area contributed by atoms with Crippen LogP contribution in [0.1, 0.15) is 73.4 Å². The smallest absolute Gasteiger partial charge is 0.294 e. The highest BCUT2D eigenvalue weighted by molar-refractivity contribution is 5.98. The Morgan fingerprint density at radius 2 is 1.54 bits per heavy atom.